The number of imidazole rings is 1. The first-order valence-corrected chi connectivity index (χ1v) is 4.03. The maximum atomic E-state index is 5.58. The third kappa shape index (κ3) is 0.942. The van der Waals surface area contributed by atoms with E-state index in [1.54, 1.807) is 0 Å². The summed E-state index contributed by atoms with van der Waals surface area (Å²) in [5.41, 5.74) is 7.74. The topological polar surface area (TPSA) is 43.3 Å². The maximum Gasteiger partial charge on any atom is 0.142 e. The number of hydrogen-bond donors (Lipinski definition) is 1. The van der Waals surface area contributed by atoms with E-state index in [9.17, 15) is 0 Å². The van der Waals surface area contributed by atoms with Gasteiger partial charge >= 0.3 is 0 Å². The molecule has 0 amide bonds. The quantitative estimate of drug-likeness (QED) is 0.688. The molecule has 62 valence electrons. The van der Waals surface area contributed by atoms with Crippen molar-refractivity contribution in [2.24, 2.45) is 0 Å². The molecule has 2 heterocycles. The fourth-order valence-corrected chi connectivity index (χ4v) is 1.37. The molecule has 2 N–H and O–H groups in total. The minimum atomic E-state index is 0.580. The van der Waals surface area contributed by atoms with Gasteiger partial charge in [0.15, 0.2) is 0 Å². The summed E-state index contributed by atoms with van der Waals surface area (Å²) < 4.78 is 2.02. The van der Waals surface area contributed by atoms with E-state index in [2.05, 4.69) is 18.0 Å². The molecule has 12 heavy (non-hydrogen) atoms. The van der Waals surface area contributed by atoms with E-state index >= 15 is 0 Å². The van der Waals surface area contributed by atoms with Crippen LogP contribution in [0.5, 0.6) is 0 Å². The predicted molar refractivity (Wildman–Crippen MR) is 49.0 cm³/mol. The van der Waals surface area contributed by atoms with Crippen LogP contribution in [-0.4, -0.2) is 9.38 Å². The molecule has 0 unspecified atom stereocenters. The molecule has 2 aromatic rings. The molecular formula is C9H11N3. The molecule has 2 rings (SSSR count). The van der Waals surface area contributed by atoms with Crippen LogP contribution in [-0.2, 0) is 6.42 Å². The first-order valence-electron chi connectivity index (χ1n) is 4.03. The molecule has 0 saturated heterocycles. The van der Waals surface area contributed by atoms with Crippen LogP contribution >= 0.6 is 0 Å². The molecule has 3 heteroatoms. The Hall–Kier alpha value is -1.51. The number of rotatable bonds is 1. The Kier molecular flexibility index (Phi) is 1.50. The molecule has 0 aromatic carbocycles. The Morgan fingerprint density at radius 3 is 3.08 bits per heavy atom. The summed E-state index contributed by atoms with van der Waals surface area (Å²) in [5, 5.41) is 0. The van der Waals surface area contributed by atoms with Crippen molar-refractivity contribution in [1.29, 1.82) is 0 Å². The number of hydrogen-bond acceptors (Lipinski definition) is 2. The van der Waals surface area contributed by atoms with Crippen LogP contribution in [0, 0.1) is 0 Å². The van der Waals surface area contributed by atoms with Crippen molar-refractivity contribution in [2.45, 2.75) is 13.3 Å². The van der Waals surface area contributed by atoms with Gasteiger partial charge in [-0.05, 0) is 18.6 Å². The van der Waals surface area contributed by atoms with Crippen molar-refractivity contribution in [1.82, 2.24) is 9.38 Å². The van der Waals surface area contributed by atoms with Crippen LogP contribution in [0.4, 0.5) is 5.82 Å². The van der Waals surface area contributed by atoms with Gasteiger partial charge in [-0.3, -0.25) is 0 Å². The van der Waals surface area contributed by atoms with Crippen LogP contribution in [0.2, 0.25) is 0 Å². The monoisotopic (exact) mass is 161 g/mol. The third-order valence-corrected chi connectivity index (χ3v) is 1.96. The Labute approximate surface area is 70.8 Å². The van der Waals surface area contributed by atoms with Gasteiger partial charge in [-0.15, -0.1) is 0 Å². The molecule has 0 atom stereocenters. The highest BCUT2D eigenvalue weighted by molar-refractivity contribution is 5.47. The van der Waals surface area contributed by atoms with Gasteiger partial charge in [0.1, 0.15) is 11.5 Å². The second-order valence-electron chi connectivity index (χ2n) is 2.76. The van der Waals surface area contributed by atoms with E-state index in [-0.39, 0.29) is 0 Å². The Morgan fingerprint density at radius 2 is 2.33 bits per heavy atom. The maximum absolute atomic E-state index is 5.58. The normalized spacial score (nSPS) is 10.8. The minimum Gasteiger partial charge on any atom is -0.382 e. The second kappa shape index (κ2) is 2.52. The summed E-state index contributed by atoms with van der Waals surface area (Å²) in [4.78, 5) is 4.16. The first-order chi connectivity index (χ1) is 5.81. The molecular weight excluding hydrogens is 150 g/mol. The number of nitrogen functional groups attached to an aromatic ring is 1. The Morgan fingerprint density at radius 1 is 1.50 bits per heavy atom. The molecule has 3 nitrogen and oxygen atoms in total. The van der Waals surface area contributed by atoms with Crippen LogP contribution in [0.15, 0.2) is 24.4 Å². The number of nitrogens with two attached hydrogens (primary N) is 1. The van der Waals surface area contributed by atoms with E-state index in [1.165, 1.54) is 5.69 Å². The van der Waals surface area contributed by atoms with Gasteiger partial charge in [0, 0.05) is 5.69 Å². The van der Waals surface area contributed by atoms with Crippen molar-refractivity contribution in [2.75, 3.05) is 5.73 Å². The number of anilines is 1. The molecule has 0 saturated carbocycles. The lowest BCUT2D eigenvalue weighted by atomic mass is 10.3. The second-order valence-corrected chi connectivity index (χ2v) is 2.76. The van der Waals surface area contributed by atoms with E-state index in [4.69, 9.17) is 5.73 Å². The van der Waals surface area contributed by atoms with E-state index in [0.717, 1.165) is 12.1 Å². The van der Waals surface area contributed by atoms with Gasteiger partial charge in [-0.25, -0.2) is 4.98 Å². The van der Waals surface area contributed by atoms with Crippen LogP contribution in [0.25, 0.3) is 5.65 Å². The standard InChI is InChI=1S/C9H11N3/c1-2-7-4-3-5-9-11-8(10)6-12(7)9/h3-6H,2,10H2,1H3. The lowest BCUT2D eigenvalue weighted by Crippen LogP contribution is -1.92. The summed E-state index contributed by atoms with van der Waals surface area (Å²) in [5.74, 6) is 0.580. The fraction of sp³-hybridized carbons (Fsp3) is 0.222. The third-order valence-electron chi connectivity index (χ3n) is 1.96. The SMILES string of the molecule is CCc1cccc2nc(N)cn12. The molecule has 0 aliphatic carbocycles. The van der Waals surface area contributed by atoms with Crippen LogP contribution in [0.1, 0.15) is 12.6 Å². The predicted octanol–water partition coefficient (Wildman–Crippen LogP) is 1.48. The van der Waals surface area contributed by atoms with Crippen LogP contribution < -0.4 is 5.73 Å². The fourth-order valence-electron chi connectivity index (χ4n) is 1.37. The minimum absolute atomic E-state index is 0.580. The van der Waals surface area contributed by atoms with E-state index in [1.807, 2.05) is 22.7 Å². The van der Waals surface area contributed by atoms with Gasteiger partial charge in [-0.1, -0.05) is 13.0 Å². The van der Waals surface area contributed by atoms with Gasteiger partial charge in [0.25, 0.3) is 0 Å². The number of pyridine rings is 1. The van der Waals surface area contributed by atoms with Crippen molar-refractivity contribution < 1.29 is 0 Å². The van der Waals surface area contributed by atoms with E-state index < -0.39 is 0 Å². The number of nitrogens with zero attached hydrogens (tertiary/aromatic N) is 2. The smallest absolute Gasteiger partial charge is 0.142 e. The summed E-state index contributed by atoms with van der Waals surface area (Å²) in [6.45, 7) is 2.12. The Bertz CT molecular complexity index is 403. The largest absolute Gasteiger partial charge is 0.382 e. The average molecular weight is 161 g/mol. The van der Waals surface area contributed by atoms with Gasteiger partial charge in [0.05, 0.1) is 6.20 Å². The summed E-state index contributed by atoms with van der Waals surface area (Å²) in [7, 11) is 0. The molecule has 0 spiro atoms. The number of aromatic nitrogens is 2. The highest BCUT2D eigenvalue weighted by Gasteiger charge is 1.99. The molecule has 0 aliphatic rings. The average Bonchev–Trinajstić information content (AvgIpc) is 2.44. The van der Waals surface area contributed by atoms with Gasteiger partial charge < -0.3 is 10.1 Å². The first kappa shape index (κ1) is 7.16. The van der Waals surface area contributed by atoms with Crippen molar-refractivity contribution in [3.8, 4) is 0 Å². The summed E-state index contributed by atoms with van der Waals surface area (Å²) >= 11 is 0. The zero-order valence-corrected chi connectivity index (χ0v) is 6.99. The number of aryl methyl sites for hydroxylation is 1. The van der Waals surface area contributed by atoms with Crippen molar-refractivity contribution >= 4 is 11.5 Å². The van der Waals surface area contributed by atoms with Crippen molar-refractivity contribution in [3.63, 3.8) is 0 Å². The van der Waals surface area contributed by atoms with Gasteiger partial charge in [-0.2, -0.15) is 0 Å². The molecule has 0 fully saturated rings. The van der Waals surface area contributed by atoms with Crippen LogP contribution in [0.3, 0.4) is 0 Å². The molecule has 0 bridgehead atoms. The molecule has 2 aromatic heterocycles. The lowest BCUT2D eigenvalue weighted by molar-refractivity contribution is 0.980. The van der Waals surface area contributed by atoms with E-state index in [0.29, 0.717) is 5.82 Å². The zero-order chi connectivity index (χ0) is 8.55. The lowest BCUT2D eigenvalue weighted by Gasteiger charge is -1.99. The highest BCUT2D eigenvalue weighted by Crippen LogP contribution is 2.10. The van der Waals surface area contributed by atoms with Crippen molar-refractivity contribution in [3.05, 3.63) is 30.1 Å². The number of fused-ring (bicyclic) bond motifs is 1. The molecule has 0 radical (unpaired) electrons. The summed E-state index contributed by atoms with van der Waals surface area (Å²) in [6, 6.07) is 6.03. The molecule has 0 aliphatic heterocycles. The highest BCUT2D eigenvalue weighted by atomic mass is 15.0. The zero-order valence-electron chi connectivity index (χ0n) is 6.99. The Balaban J connectivity index is 2.78. The summed E-state index contributed by atoms with van der Waals surface area (Å²) in [6.07, 6.45) is 2.85. The van der Waals surface area contributed by atoms with Gasteiger partial charge in [0.2, 0.25) is 0 Å².